The smallest absolute Gasteiger partial charge is 0.262 e. The highest BCUT2D eigenvalue weighted by atomic mass is 35.5. The molecule has 130 valence electrons. The summed E-state index contributed by atoms with van der Waals surface area (Å²) in [6, 6.07) is 6.29. The number of Topliss-reactive ketones (excluding diaryl/α,β-unsaturated/α-hetero) is 1. The van der Waals surface area contributed by atoms with Crippen LogP contribution in [0.3, 0.4) is 0 Å². The molecular weight excluding hydrogens is 352 g/mol. The molecule has 0 aliphatic heterocycles. The van der Waals surface area contributed by atoms with Crippen LogP contribution in [-0.4, -0.2) is 18.3 Å². The number of rotatable bonds is 4. The van der Waals surface area contributed by atoms with E-state index in [9.17, 15) is 18.4 Å². The summed E-state index contributed by atoms with van der Waals surface area (Å²) in [5.41, 5.74) is 0.410. The molecule has 0 saturated heterocycles. The molecule has 0 radical (unpaired) electrons. The van der Waals surface area contributed by atoms with Crippen molar-refractivity contribution in [2.45, 2.75) is 19.3 Å². The van der Waals surface area contributed by atoms with Crippen LogP contribution in [0.5, 0.6) is 5.75 Å². The molecule has 7 heteroatoms. The van der Waals surface area contributed by atoms with Crippen LogP contribution in [0.4, 0.5) is 14.5 Å². The average molecular weight is 366 g/mol. The number of hydrogen-bond acceptors (Lipinski definition) is 3. The van der Waals surface area contributed by atoms with Gasteiger partial charge < -0.3 is 10.1 Å². The molecule has 1 amide bonds. The molecule has 0 bridgehead atoms. The molecular formula is C18H14ClF2NO3. The van der Waals surface area contributed by atoms with E-state index in [-0.39, 0.29) is 40.1 Å². The first-order valence-corrected chi connectivity index (χ1v) is 7.98. The van der Waals surface area contributed by atoms with E-state index in [0.29, 0.717) is 5.56 Å². The molecule has 2 aromatic rings. The summed E-state index contributed by atoms with van der Waals surface area (Å²) < 4.78 is 32.9. The van der Waals surface area contributed by atoms with E-state index in [2.05, 4.69) is 5.32 Å². The predicted octanol–water partition coefficient (Wildman–Crippen LogP) is 4.33. The van der Waals surface area contributed by atoms with Crippen LogP contribution in [0, 0.1) is 11.6 Å². The molecule has 0 spiro atoms. The minimum Gasteiger partial charge on any atom is -0.483 e. The molecule has 1 unspecified atom stereocenters. The Hall–Kier alpha value is -2.47. The van der Waals surface area contributed by atoms with E-state index in [1.165, 1.54) is 24.3 Å². The number of benzene rings is 2. The molecule has 0 aromatic heterocycles. The first-order valence-electron chi connectivity index (χ1n) is 7.60. The van der Waals surface area contributed by atoms with E-state index in [1.807, 2.05) is 0 Å². The van der Waals surface area contributed by atoms with Crippen molar-refractivity contribution in [2.24, 2.45) is 0 Å². The van der Waals surface area contributed by atoms with Gasteiger partial charge in [0.1, 0.15) is 17.4 Å². The molecule has 25 heavy (non-hydrogen) atoms. The van der Waals surface area contributed by atoms with Crippen LogP contribution in [0.15, 0.2) is 30.3 Å². The van der Waals surface area contributed by atoms with Crippen LogP contribution in [0.25, 0.3) is 0 Å². The lowest BCUT2D eigenvalue weighted by Gasteiger charge is -2.12. The summed E-state index contributed by atoms with van der Waals surface area (Å²) in [6.45, 7) is 1.30. The van der Waals surface area contributed by atoms with Crippen LogP contribution >= 0.6 is 11.6 Å². The maximum absolute atomic E-state index is 13.9. The number of carbonyl (C=O) groups excluding carboxylic acids is 2. The van der Waals surface area contributed by atoms with Gasteiger partial charge in [-0.05, 0) is 36.2 Å². The van der Waals surface area contributed by atoms with Crippen molar-refractivity contribution in [2.75, 3.05) is 11.9 Å². The maximum Gasteiger partial charge on any atom is 0.262 e. The van der Waals surface area contributed by atoms with Gasteiger partial charge >= 0.3 is 0 Å². The summed E-state index contributed by atoms with van der Waals surface area (Å²) in [7, 11) is 0. The van der Waals surface area contributed by atoms with Gasteiger partial charge in [-0.3, -0.25) is 9.59 Å². The van der Waals surface area contributed by atoms with Crippen molar-refractivity contribution in [3.05, 3.63) is 58.1 Å². The summed E-state index contributed by atoms with van der Waals surface area (Å²) in [5, 5.41) is 2.61. The Balaban J connectivity index is 1.73. The van der Waals surface area contributed by atoms with Gasteiger partial charge in [0.15, 0.2) is 12.4 Å². The highest BCUT2D eigenvalue weighted by Gasteiger charge is 2.32. The van der Waals surface area contributed by atoms with Gasteiger partial charge in [-0.25, -0.2) is 8.78 Å². The predicted molar refractivity (Wildman–Crippen MR) is 89.3 cm³/mol. The number of amides is 1. The van der Waals surface area contributed by atoms with Crippen molar-refractivity contribution in [3.8, 4) is 5.75 Å². The second kappa shape index (κ2) is 6.80. The van der Waals surface area contributed by atoms with Crippen molar-refractivity contribution in [1.82, 2.24) is 0 Å². The highest BCUT2D eigenvalue weighted by Crippen LogP contribution is 2.39. The largest absolute Gasteiger partial charge is 0.483 e. The zero-order chi connectivity index (χ0) is 18.1. The molecule has 4 nitrogen and oxygen atoms in total. The van der Waals surface area contributed by atoms with E-state index in [0.717, 1.165) is 6.07 Å². The van der Waals surface area contributed by atoms with Crippen LogP contribution < -0.4 is 10.1 Å². The van der Waals surface area contributed by atoms with Crippen LogP contribution in [0.2, 0.25) is 5.02 Å². The number of carbonyl (C=O) groups is 2. The van der Waals surface area contributed by atoms with Crippen LogP contribution in [-0.2, 0) is 4.79 Å². The van der Waals surface area contributed by atoms with Gasteiger partial charge in [0.2, 0.25) is 0 Å². The summed E-state index contributed by atoms with van der Waals surface area (Å²) in [6.07, 6.45) is 0.201. The van der Waals surface area contributed by atoms with Gasteiger partial charge in [0.25, 0.3) is 5.91 Å². The summed E-state index contributed by atoms with van der Waals surface area (Å²) in [4.78, 5) is 24.0. The van der Waals surface area contributed by atoms with Crippen LogP contribution in [0.1, 0.15) is 35.2 Å². The molecule has 3 rings (SSSR count). The van der Waals surface area contributed by atoms with Crippen molar-refractivity contribution in [3.63, 3.8) is 0 Å². The monoisotopic (exact) mass is 365 g/mol. The zero-order valence-corrected chi connectivity index (χ0v) is 14.0. The SMILES string of the molecule is CC1CC(=O)c2c(OCC(=O)Nc3cc(Cl)ccc3F)ccc(F)c21. The third-order valence-electron chi connectivity index (χ3n) is 3.98. The average Bonchev–Trinajstić information content (AvgIpc) is 2.86. The maximum atomic E-state index is 13.9. The van der Waals surface area contributed by atoms with Crippen molar-refractivity contribution < 1.29 is 23.1 Å². The Morgan fingerprint density at radius 3 is 2.76 bits per heavy atom. The lowest BCUT2D eigenvalue weighted by Crippen LogP contribution is -2.21. The number of ether oxygens (including phenoxy) is 1. The fourth-order valence-corrected chi connectivity index (χ4v) is 3.04. The highest BCUT2D eigenvalue weighted by molar-refractivity contribution is 6.30. The van der Waals surface area contributed by atoms with Gasteiger partial charge in [-0.2, -0.15) is 0 Å². The summed E-state index contributed by atoms with van der Waals surface area (Å²) in [5.74, 6) is -2.04. The van der Waals surface area contributed by atoms with Crippen molar-refractivity contribution in [1.29, 1.82) is 0 Å². The van der Waals surface area contributed by atoms with E-state index >= 15 is 0 Å². The fraction of sp³-hybridized carbons (Fsp3) is 0.222. The van der Waals surface area contributed by atoms with Gasteiger partial charge in [-0.1, -0.05) is 18.5 Å². The normalized spacial score (nSPS) is 15.8. The number of hydrogen-bond donors (Lipinski definition) is 1. The molecule has 1 aliphatic rings. The number of ketones is 1. The Morgan fingerprint density at radius 2 is 2.00 bits per heavy atom. The van der Waals surface area contributed by atoms with Gasteiger partial charge in [0, 0.05) is 17.0 Å². The number of anilines is 1. The molecule has 0 fully saturated rings. The first kappa shape index (κ1) is 17.4. The standard InChI is InChI=1S/C18H14ClF2NO3/c1-9-6-14(23)18-15(5-4-12(21)17(9)18)25-8-16(24)22-13-7-10(19)2-3-11(13)20/h2-5,7,9H,6,8H2,1H3,(H,22,24). The molecule has 1 atom stereocenters. The zero-order valence-electron chi connectivity index (χ0n) is 13.2. The fourth-order valence-electron chi connectivity index (χ4n) is 2.87. The second-order valence-corrected chi connectivity index (χ2v) is 6.26. The number of fused-ring (bicyclic) bond motifs is 1. The quantitative estimate of drug-likeness (QED) is 0.877. The third kappa shape index (κ3) is 3.49. The first-order chi connectivity index (χ1) is 11.9. The number of halogens is 3. The van der Waals surface area contributed by atoms with E-state index in [4.69, 9.17) is 16.3 Å². The van der Waals surface area contributed by atoms with Gasteiger partial charge in [0.05, 0.1) is 11.3 Å². The minimum atomic E-state index is -0.635. The second-order valence-electron chi connectivity index (χ2n) is 5.82. The van der Waals surface area contributed by atoms with E-state index < -0.39 is 24.1 Å². The lowest BCUT2D eigenvalue weighted by molar-refractivity contribution is -0.118. The van der Waals surface area contributed by atoms with Crippen molar-refractivity contribution >= 4 is 29.0 Å². The Morgan fingerprint density at radius 1 is 1.28 bits per heavy atom. The molecule has 1 aliphatic carbocycles. The topological polar surface area (TPSA) is 55.4 Å². The van der Waals surface area contributed by atoms with E-state index in [1.54, 1.807) is 6.92 Å². The molecule has 1 N–H and O–H groups in total. The molecule has 2 aromatic carbocycles. The molecule has 0 saturated carbocycles. The summed E-state index contributed by atoms with van der Waals surface area (Å²) >= 11 is 5.76. The Labute approximate surface area is 147 Å². The molecule has 0 heterocycles. The number of nitrogens with one attached hydrogen (secondary N) is 1. The lowest BCUT2D eigenvalue weighted by atomic mass is 10.0. The Kier molecular flexibility index (Phi) is 4.72. The third-order valence-corrected chi connectivity index (χ3v) is 4.21. The van der Waals surface area contributed by atoms with Gasteiger partial charge in [-0.15, -0.1) is 0 Å². The Bertz CT molecular complexity index is 870. The minimum absolute atomic E-state index is 0.0740.